The van der Waals surface area contributed by atoms with Gasteiger partial charge in [-0.15, -0.1) is 0 Å². The normalized spacial score (nSPS) is 12.3. The van der Waals surface area contributed by atoms with E-state index in [0.717, 1.165) is 23.5 Å². The second-order valence-corrected chi connectivity index (χ2v) is 4.16. The van der Waals surface area contributed by atoms with Crippen LogP contribution in [0.25, 0.3) is 0 Å². The third kappa shape index (κ3) is 3.01. The van der Waals surface area contributed by atoms with Gasteiger partial charge in [-0.3, -0.25) is 0 Å². The summed E-state index contributed by atoms with van der Waals surface area (Å²) in [4.78, 5) is 12.5. The van der Waals surface area contributed by atoms with Crippen LogP contribution in [0.5, 0.6) is 0 Å². The maximum atomic E-state index is 5.68. The van der Waals surface area contributed by atoms with E-state index < -0.39 is 0 Å². The first-order valence-corrected chi connectivity index (χ1v) is 5.86. The van der Waals surface area contributed by atoms with Gasteiger partial charge in [0, 0.05) is 12.4 Å². The number of pyridine rings is 1. The van der Waals surface area contributed by atoms with E-state index in [1.807, 2.05) is 32.2 Å². The number of anilines is 1. The first kappa shape index (κ1) is 12.4. The number of nitrogens with one attached hydrogen (secondary N) is 1. The molecule has 1 atom stereocenters. The van der Waals surface area contributed by atoms with Gasteiger partial charge < -0.3 is 11.1 Å². The van der Waals surface area contributed by atoms with Crippen molar-refractivity contribution in [3.63, 3.8) is 0 Å². The SMILES string of the molecule is CNC(Cc1ccnc(N)c1)c1ccnc(C)n1. The van der Waals surface area contributed by atoms with Gasteiger partial charge in [0.15, 0.2) is 0 Å². The van der Waals surface area contributed by atoms with Crippen molar-refractivity contribution in [2.75, 3.05) is 12.8 Å². The number of nitrogens with two attached hydrogens (primary N) is 1. The standard InChI is InChI=1S/C13H17N5/c1-9-16-6-4-11(18-9)12(15-2)7-10-3-5-17-13(14)8-10/h3-6,8,12,15H,7H2,1-2H3,(H2,14,17). The average Bonchev–Trinajstić information content (AvgIpc) is 2.36. The Hall–Kier alpha value is -2.01. The predicted molar refractivity (Wildman–Crippen MR) is 70.9 cm³/mol. The van der Waals surface area contributed by atoms with Gasteiger partial charge in [0.05, 0.1) is 11.7 Å². The van der Waals surface area contributed by atoms with Crippen LogP contribution in [0.3, 0.4) is 0 Å². The zero-order chi connectivity index (χ0) is 13.0. The minimum Gasteiger partial charge on any atom is -0.384 e. The predicted octanol–water partition coefficient (Wildman–Crippen LogP) is 1.27. The summed E-state index contributed by atoms with van der Waals surface area (Å²) >= 11 is 0. The molecule has 5 nitrogen and oxygen atoms in total. The Labute approximate surface area is 106 Å². The van der Waals surface area contributed by atoms with Crippen LogP contribution in [-0.2, 0) is 6.42 Å². The average molecular weight is 243 g/mol. The molecule has 0 spiro atoms. The number of aryl methyl sites for hydroxylation is 1. The Morgan fingerprint density at radius 1 is 1.28 bits per heavy atom. The zero-order valence-electron chi connectivity index (χ0n) is 10.6. The van der Waals surface area contributed by atoms with Crippen molar-refractivity contribution in [3.05, 3.63) is 47.7 Å². The highest BCUT2D eigenvalue weighted by Crippen LogP contribution is 2.16. The van der Waals surface area contributed by atoms with Crippen LogP contribution in [0.4, 0.5) is 5.82 Å². The maximum absolute atomic E-state index is 5.68. The first-order chi connectivity index (χ1) is 8.69. The number of likely N-dealkylation sites (N-methyl/N-ethyl adjacent to an activating group) is 1. The minimum atomic E-state index is 0.147. The Morgan fingerprint density at radius 2 is 2.06 bits per heavy atom. The van der Waals surface area contributed by atoms with E-state index in [1.165, 1.54) is 0 Å². The number of aromatic nitrogens is 3. The number of rotatable bonds is 4. The van der Waals surface area contributed by atoms with E-state index >= 15 is 0 Å². The fourth-order valence-electron chi connectivity index (χ4n) is 1.88. The van der Waals surface area contributed by atoms with E-state index in [-0.39, 0.29) is 6.04 Å². The van der Waals surface area contributed by atoms with Gasteiger partial charge >= 0.3 is 0 Å². The molecule has 0 saturated heterocycles. The molecule has 5 heteroatoms. The van der Waals surface area contributed by atoms with Gasteiger partial charge in [0.1, 0.15) is 11.6 Å². The molecule has 3 N–H and O–H groups in total. The van der Waals surface area contributed by atoms with Gasteiger partial charge in [-0.25, -0.2) is 15.0 Å². The highest BCUT2D eigenvalue weighted by Gasteiger charge is 2.12. The Morgan fingerprint density at radius 3 is 2.72 bits per heavy atom. The summed E-state index contributed by atoms with van der Waals surface area (Å²) in [5, 5.41) is 3.26. The van der Waals surface area contributed by atoms with Crippen molar-refractivity contribution in [2.45, 2.75) is 19.4 Å². The van der Waals surface area contributed by atoms with Crippen molar-refractivity contribution in [1.29, 1.82) is 0 Å². The Kier molecular flexibility index (Phi) is 3.84. The zero-order valence-corrected chi connectivity index (χ0v) is 10.6. The Balaban J connectivity index is 2.19. The molecule has 0 aromatic carbocycles. The topological polar surface area (TPSA) is 76.7 Å². The number of hydrogen-bond donors (Lipinski definition) is 2. The van der Waals surface area contributed by atoms with Crippen molar-refractivity contribution in [2.24, 2.45) is 0 Å². The first-order valence-electron chi connectivity index (χ1n) is 5.86. The highest BCUT2D eigenvalue weighted by atomic mass is 14.9. The lowest BCUT2D eigenvalue weighted by atomic mass is 10.0. The fraction of sp³-hybridized carbons (Fsp3) is 0.308. The molecule has 0 saturated carbocycles. The third-order valence-electron chi connectivity index (χ3n) is 2.79. The van der Waals surface area contributed by atoms with Gasteiger partial charge in [-0.1, -0.05) is 0 Å². The molecule has 2 rings (SSSR count). The molecule has 2 aromatic rings. The highest BCUT2D eigenvalue weighted by molar-refractivity contribution is 5.32. The molecular weight excluding hydrogens is 226 g/mol. The maximum Gasteiger partial charge on any atom is 0.125 e. The second kappa shape index (κ2) is 5.55. The van der Waals surface area contributed by atoms with Gasteiger partial charge in [-0.2, -0.15) is 0 Å². The molecule has 2 aromatic heterocycles. The van der Waals surface area contributed by atoms with Crippen molar-refractivity contribution >= 4 is 5.82 Å². The van der Waals surface area contributed by atoms with Gasteiger partial charge in [0.2, 0.25) is 0 Å². The Bertz CT molecular complexity index is 526. The summed E-state index contributed by atoms with van der Waals surface area (Å²) in [5.74, 6) is 1.32. The molecule has 94 valence electrons. The van der Waals surface area contributed by atoms with Crippen LogP contribution in [-0.4, -0.2) is 22.0 Å². The van der Waals surface area contributed by atoms with E-state index in [9.17, 15) is 0 Å². The van der Waals surface area contributed by atoms with Crippen LogP contribution >= 0.6 is 0 Å². The van der Waals surface area contributed by atoms with Crippen molar-refractivity contribution in [3.8, 4) is 0 Å². The molecule has 0 amide bonds. The largest absolute Gasteiger partial charge is 0.384 e. The molecule has 1 unspecified atom stereocenters. The molecule has 0 bridgehead atoms. The summed E-state index contributed by atoms with van der Waals surface area (Å²) in [7, 11) is 1.92. The summed E-state index contributed by atoms with van der Waals surface area (Å²) in [6.45, 7) is 1.89. The van der Waals surface area contributed by atoms with Gasteiger partial charge in [-0.05, 0) is 44.2 Å². The lowest BCUT2D eigenvalue weighted by Gasteiger charge is -2.16. The summed E-state index contributed by atoms with van der Waals surface area (Å²) in [6.07, 6.45) is 4.32. The number of hydrogen-bond acceptors (Lipinski definition) is 5. The molecule has 0 aliphatic carbocycles. The lowest BCUT2D eigenvalue weighted by Crippen LogP contribution is -2.20. The smallest absolute Gasteiger partial charge is 0.125 e. The minimum absolute atomic E-state index is 0.147. The molecule has 0 aliphatic rings. The van der Waals surface area contributed by atoms with Crippen molar-refractivity contribution < 1.29 is 0 Å². The van der Waals surface area contributed by atoms with E-state index in [2.05, 4.69) is 20.3 Å². The third-order valence-corrected chi connectivity index (χ3v) is 2.79. The second-order valence-electron chi connectivity index (χ2n) is 4.16. The van der Waals surface area contributed by atoms with Crippen LogP contribution in [0, 0.1) is 6.92 Å². The van der Waals surface area contributed by atoms with Crippen LogP contribution < -0.4 is 11.1 Å². The van der Waals surface area contributed by atoms with E-state index in [1.54, 1.807) is 12.4 Å². The monoisotopic (exact) mass is 243 g/mol. The molecule has 0 fully saturated rings. The molecule has 2 heterocycles. The molecule has 0 aliphatic heterocycles. The molecular formula is C13H17N5. The van der Waals surface area contributed by atoms with Crippen LogP contribution in [0.2, 0.25) is 0 Å². The van der Waals surface area contributed by atoms with Crippen molar-refractivity contribution in [1.82, 2.24) is 20.3 Å². The lowest BCUT2D eigenvalue weighted by molar-refractivity contribution is 0.572. The number of nitrogen functional groups attached to an aromatic ring is 1. The number of nitrogens with zero attached hydrogens (tertiary/aromatic N) is 3. The summed E-state index contributed by atoms with van der Waals surface area (Å²) < 4.78 is 0. The summed E-state index contributed by atoms with van der Waals surface area (Å²) in [5.41, 5.74) is 7.81. The summed E-state index contributed by atoms with van der Waals surface area (Å²) in [6, 6.07) is 5.93. The van der Waals surface area contributed by atoms with Crippen LogP contribution in [0.1, 0.15) is 23.1 Å². The van der Waals surface area contributed by atoms with Gasteiger partial charge in [0.25, 0.3) is 0 Å². The molecule has 0 radical (unpaired) electrons. The van der Waals surface area contributed by atoms with E-state index in [4.69, 9.17) is 5.73 Å². The quantitative estimate of drug-likeness (QED) is 0.845. The fourth-order valence-corrected chi connectivity index (χ4v) is 1.88. The van der Waals surface area contributed by atoms with E-state index in [0.29, 0.717) is 5.82 Å². The molecule has 18 heavy (non-hydrogen) atoms. The van der Waals surface area contributed by atoms with Crippen LogP contribution in [0.15, 0.2) is 30.6 Å².